The molecule has 27 heavy (non-hydrogen) atoms. The molecule has 0 aliphatic heterocycles. The molecule has 0 bridgehead atoms. The van der Waals surface area contributed by atoms with E-state index in [4.69, 9.17) is 19.1 Å². The summed E-state index contributed by atoms with van der Waals surface area (Å²) in [5.74, 6) is -0.544. The molecule has 140 valence electrons. The Balaban J connectivity index is 1.87. The molecule has 0 saturated heterocycles. The average Bonchev–Trinajstić information content (AvgIpc) is 2.97. The maximum atomic E-state index is 12.3. The number of fused-ring (bicyclic) bond motifs is 1. The van der Waals surface area contributed by atoms with Gasteiger partial charge in [-0.05, 0) is 56.3 Å². The fraction of sp³-hybridized carbons (Fsp3) is 0.158. The minimum Gasteiger partial charge on any atom is -0.733 e. The van der Waals surface area contributed by atoms with Crippen LogP contribution in [0.3, 0.4) is 0 Å². The van der Waals surface area contributed by atoms with Crippen LogP contribution in [0.4, 0.5) is 5.69 Å². The molecule has 0 amide bonds. The number of nitrogens with zero attached hydrogens (tertiary/aromatic N) is 1. The molecule has 3 rings (SSSR count). The van der Waals surface area contributed by atoms with Crippen LogP contribution in [0, 0.1) is 12.1 Å². The van der Waals surface area contributed by atoms with E-state index in [9.17, 15) is 14.8 Å². The summed E-state index contributed by atoms with van der Waals surface area (Å²) in [5.41, 5.74) is 0.932. The van der Waals surface area contributed by atoms with E-state index in [1.807, 2.05) is 0 Å². The largest absolute Gasteiger partial charge is 0.733 e. The Morgan fingerprint density at radius 1 is 1.15 bits per heavy atom. The molecule has 1 aromatic heterocycles. The van der Waals surface area contributed by atoms with Crippen molar-refractivity contribution in [1.82, 2.24) is 0 Å². The predicted molar refractivity (Wildman–Crippen MR) is 95.9 cm³/mol. The van der Waals surface area contributed by atoms with Crippen molar-refractivity contribution in [3.63, 3.8) is 0 Å². The summed E-state index contributed by atoms with van der Waals surface area (Å²) >= 11 is 0. The van der Waals surface area contributed by atoms with E-state index < -0.39 is 11.9 Å². The summed E-state index contributed by atoms with van der Waals surface area (Å²) in [5, 5.41) is 19.8. The van der Waals surface area contributed by atoms with Crippen molar-refractivity contribution in [1.29, 1.82) is 0 Å². The van der Waals surface area contributed by atoms with Gasteiger partial charge in [-0.1, -0.05) is 0 Å². The molecule has 3 aromatic rings. The second kappa shape index (κ2) is 7.48. The number of rotatable bonds is 5. The van der Waals surface area contributed by atoms with Crippen LogP contribution in [0.25, 0.3) is 11.0 Å². The molecule has 8 nitrogen and oxygen atoms in total. The van der Waals surface area contributed by atoms with Gasteiger partial charge in [0.05, 0.1) is 17.9 Å². The molecule has 0 fully saturated rings. The first kappa shape index (κ1) is 18.4. The standard InChI is InChI=1S/C19H16NO7/c1-3-25-19(22)17-11(2)26-16-9-8-14(10-15(16)17)27-18(21)12-4-6-13(7-5-12)20(23)24/h4-10,23H,3H2,1-2H3/q-1. The Morgan fingerprint density at radius 2 is 1.85 bits per heavy atom. The zero-order chi connectivity index (χ0) is 19.6. The van der Waals surface area contributed by atoms with E-state index in [1.54, 1.807) is 26.0 Å². The molecule has 0 radical (unpaired) electrons. The maximum Gasteiger partial charge on any atom is 0.343 e. The minimum absolute atomic E-state index is 0.0130. The number of carbonyl (C=O) groups is 2. The van der Waals surface area contributed by atoms with Crippen LogP contribution < -0.4 is 9.96 Å². The number of carbonyl (C=O) groups excluding carboxylic acids is 2. The SMILES string of the molecule is CCOC(=O)c1c(C)oc2ccc(OC(=O)c3ccc(N([O-])O)cc3)cc12. The van der Waals surface area contributed by atoms with Gasteiger partial charge in [0, 0.05) is 5.39 Å². The van der Waals surface area contributed by atoms with Gasteiger partial charge in [-0.2, -0.15) is 0 Å². The number of hydrogen-bond acceptors (Lipinski definition) is 8. The second-order valence-electron chi connectivity index (χ2n) is 5.62. The van der Waals surface area contributed by atoms with Crippen molar-refractivity contribution in [2.24, 2.45) is 0 Å². The molecule has 0 aliphatic carbocycles. The molecule has 0 unspecified atom stereocenters. The van der Waals surface area contributed by atoms with Gasteiger partial charge < -0.3 is 24.3 Å². The first-order valence-corrected chi connectivity index (χ1v) is 8.09. The summed E-state index contributed by atoms with van der Waals surface area (Å²) in [6.45, 7) is 3.58. The summed E-state index contributed by atoms with van der Waals surface area (Å²) in [7, 11) is 0. The number of ether oxygens (including phenoxy) is 2. The summed E-state index contributed by atoms with van der Waals surface area (Å²) in [6.07, 6.45) is 0. The van der Waals surface area contributed by atoms with E-state index in [1.165, 1.54) is 30.3 Å². The van der Waals surface area contributed by atoms with Crippen molar-refractivity contribution >= 4 is 28.6 Å². The molecular formula is C19H16NO7-. The van der Waals surface area contributed by atoms with E-state index in [0.29, 0.717) is 16.7 Å². The van der Waals surface area contributed by atoms with E-state index in [2.05, 4.69) is 0 Å². The lowest BCUT2D eigenvalue weighted by molar-refractivity contribution is 0.0526. The molecule has 1 heterocycles. The Hall–Kier alpha value is -3.36. The lowest BCUT2D eigenvalue weighted by Gasteiger charge is -2.21. The van der Waals surface area contributed by atoms with Crippen molar-refractivity contribution in [2.45, 2.75) is 13.8 Å². The van der Waals surface area contributed by atoms with E-state index in [0.717, 1.165) is 0 Å². The number of esters is 2. The third kappa shape index (κ3) is 3.76. The molecule has 8 heteroatoms. The maximum absolute atomic E-state index is 12.3. The smallest absolute Gasteiger partial charge is 0.343 e. The highest BCUT2D eigenvalue weighted by Crippen LogP contribution is 2.30. The Kier molecular flexibility index (Phi) is 5.11. The number of anilines is 1. The number of benzene rings is 2. The average molecular weight is 370 g/mol. The monoisotopic (exact) mass is 370 g/mol. The normalized spacial score (nSPS) is 10.7. The third-order valence-electron chi connectivity index (χ3n) is 3.85. The molecule has 0 spiro atoms. The number of aryl methyl sites for hydroxylation is 1. The first-order chi connectivity index (χ1) is 12.9. The Morgan fingerprint density at radius 3 is 2.48 bits per heavy atom. The van der Waals surface area contributed by atoms with Crippen LogP contribution in [-0.2, 0) is 4.74 Å². The van der Waals surface area contributed by atoms with E-state index in [-0.39, 0.29) is 34.4 Å². The molecular weight excluding hydrogens is 354 g/mol. The van der Waals surface area contributed by atoms with Gasteiger partial charge in [-0.25, -0.2) is 9.59 Å². The van der Waals surface area contributed by atoms with Gasteiger partial charge in [0.15, 0.2) is 0 Å². The van der Waals surface area contributed by atoms with Gasteiger partial charge in [-0.3, -0.25) is 5.21 Å². The fourth-order valence-corrected chi connectivity index (χ4v) is 2.61. The second-order valence-corrected chi connectivity index (χ2v) is 5.62. The minimum atomic E-state index is -0.658. The molecule has 0 aliphatic rings. The third-order valence-corrected chi connectivity index (χ3v) is 3.85. The molecule has 0 atom stereocenters. The van der Waals surface area contributed by atoms with Crippen LogP contribution in [0.5, 0.6) is 5.75 Å². The summed E-state index contributed by atoms with van der Waals surface area (Å²) in [6, 6.07) is 9.93. The van der Waals surface area contributed by atoms with Gasteiger partial charge >= 0.3 is 11.9 Å². The van der Waals surface area contributed by atoms with Crippen LogP contribution in [0.2, 0.25) is 0 Å². The topological polar surface area (TPSA) is 112 Å². The molecule has 2 aromatic carbocycles. The predicted octanol–water partition coefficient (Wildman–Crippen LogP) is 3.83. The zero-order valence-corrected chi connectivity index (χ0v) is 14.6. The number of furan rings is 1. The summed E-state index contributed by atoms with van der Waals surface area (Å²) < 4.78 is 15.9. The molecule has 0 saturated carbocycles. The van der Waals surface area contributed by atoms with Gasteiger partial charge in [0.25, 0.3) is 0 Å². The quantitative estimate of drug-likeness (QED) is 0.410. The van der Waals surface area contributed by atoms with Crippen LogP contribution >= 0.6 is 0 Å². The first-order valence-electron chi connectivity index (χ1n) is 8.09. The highest BCUT2D eigenvalue weighted by Gasteiger charge is 2.20. The molecule has 1 N–H and O–H groups in total. The van der Waals surface area contributed by atoms with Crippen molar-refractivity contribution in [3.8, 4) is 5.75 Å². The van der Waals surface area contributed by atoms with Crippen molar-refractivity contribution < 1.29 is 28.7 Å². The Bertz CT molecular complexity index is 989. The van der Waals surface area contributed by atoms with Gasteiger partial charge in [0.1, 0.15) is 22.7 Å². The van der Waals surface area contributed by atoms with E-state index >= 15 is 0 Å². The van der Waals surface area contributed by atoms with Crippen LogP contribution in [0.1, 0.15) is 33.4 Å². The number of hydrogen-bond donors (Lipinski definition) is 1. The Labute approximate surface area is 154 Å². The van der Waals surface area contributed by atoms with Crippen molar-refractivity contribution in [3.05, 3.63) is 64.6 Å². The van der Waals surface area contributed by atoms with Crippen LogP contribution in [-0.4, -0.2) is 23.8 Å². The fourth-order valence-electron chi connectivity index (χ4n) is 2.61. The zero-order valence-electron chi connectivity index (χ0n) is 14.6. The van der Waals surface area contributed by atoms with Gasteiger partial charge in [0.2, 0.25) is 0 Å². The lowest BCUT2D eigenvalue weighted by Crippen LogP contribution is -2.10. The summed E-state index contributed by atoms with van der Waals surface area (Å²) in [4.78, 5) is 24.4. The lowest BCUT2D eigenvalue weighted by atomic mass is 10.1. The van der Waals surface area contributed by atoms with Crippen LogP contribution in [0.15, 0.2) is 46.9 Å². The van der Waals surface area contributed by atoms with Crippen molar-refractivity contribution in [2.75, 3.05) is 11.8 Å². The highest BCUT2D eigenvalue weighted by atomic mass is 16.8. The highest BCUT2D eigenvalue weighted by molar-refractivity contribution is 6.05. The van der Waals surface area contributed by atoms with Gasteiger partial charge in [-0.15, -0.1) is 0 Å².